The maximum Gasteiger partial charge on any atom is 0.338 e. The lowest BCUT2D eigenvalue weighted by molar-refractivity contribution is -0.138. The van der Waals surface area contributed by atoms with Crippen LogP contribution in [0.3, 0.4) is 0 Å². The molecule has 3 heterocycles. The number of aromatic nitrogens is 1. The van der Waals surface area contributed by atoms with E-state index in [9.17, 15) is 9.59 Å². The highest BCUT2D eigenvalue weighted by molar-refractivity contribution is 9.10. The molecule has 0 saturated heterocycles. The summed E-state index contributed by atoms with van der Waals surface area (Å²) < 4.78 is 14.5. The lowest BCUT2D eigenvalue weighted by atomic mass is 9.93. The molecule has 0 amide bonds. The highest BCUT2D eigenvalue weighted by Crippen LogP contribution is 2.36. The minimum absolute atomic E-state index is 0.181. The molecular weight excluding hydrogens is 636 g/mol. The molecule has 1 unspecified atom stereocenters. The second-order valence-corrected chi connectivity index (χ2v) is 12.0. The minimum Gasteiger partial charge on any atom is -0.463 e. The number of aryl methyl sites for hydroxylation is 1. The van der Waals surface area contributed by atoms with E-state index in [2.05, 4.69) is 15.9 Å². The number of esters is 1. The van der Waals surface area contributed by atoms with E-state index in [1.165, 1.54) is 11.3 Å². The van der Waals surface area contributed by atoms with E-state index in [-0.39, 0.29) is 17.7 Å². The summed E-state index contributed by atoms with van der Waals surface area (Å²) in [6.07, 6.45) is 1.71. The highest BCUT2D eigenvalue weighted by atomic mass is 79.9. The quantitative estimate of drug-likeness (QED) is 0.186. The molecule has 1 aliphatic heterocycles. The number of hydrogen-bond acceptors (Lipinski definition) is 6. The molecule has 3 aromatic carbocycles. The van der Waals surface area contributed by atoms with Gasteiger partial charge in [-0.15, -0.1) is 0 Å². The van der Waals surface area contributed by atoms with Gasteiger partial charge in [-0.3, -0.25) is 9.36 Å². The Morgan fingerprint density at radius 2 is 1.86 bits per heavy atom. The number of fused-ring (bicyclic) bond motifs is 1. The first kappa shape index (κ1) is 28.2. The van der Waals surface area contributed by atoms with Crippen molar-refractivity contribution in [3.8, 4) is 11.3 Å². The predicted molar refractivity (Wildman–Crippen MR) is 169 cm³/mol. The van der Waals surface area contributed by atoms with Gasteiger partial charge >= 0.3 is 5.97 Å². The van der Waals surface area contributed by atoms with E-state index < -0.39 is 12.0 Å². The van der Waals surface area contributed by atoms with Crippen LogP contribution in [0.5, 0.6) is 0 Å². The molecule has 6 nitrogen and oxygen atoms in total. The van der Waals surface area contributed by atoms with Crippen molar-refractivity contribution in [1.82, 2.24) is 4.57 Å². The zero-order valence-electron chi connectivity index (χ0n) is 22.6. The van der Waals surface area contributed by atoms with Gasteiger partial charge in [0, 0.05) is 26.7 Å². The van der Waals surface area contributed by atoms with Crippen molar-refractivity contribution in [2.45, 2.75) is 19.9 Å². The molecule has 9 heteroatoms. The van der Waals surface area contributed by atoms with Crippen LogP contribution in [-0.4, -0.2) is 17.1 Å². The Balaban J connectivity index is 1.55. The van der Waals surface area contributed by atoms with Crippen LogP contribution in [0, 0.1) is 6.92 Å². The number of halogens is 2. The van der Waals surface area contributed by atoms with E-state index in [0.717, 1.165) is 21.2 Å². The van der Waals surface area contributed by atoms with Gasteiger partial charge in [-0.05, 0) is 61.4 Å². The van der Waals surface area contributed by atoms with Gasteiger partial charge in [0.2, 0.25) is 0 Å². The predicted octanol–water partition coefficient (Wildman–Crippen LogP) is 6.92. The van der Waals surface area contributed by atoms with Crippen molar-refractivity contribution in [3.63, 3.8) is 0 Å². The van der Waals surface area contributed by atoms with Crippen LogP contribution in [-0.2, 0) is 9.53 Å². The third-order valence-corrected chi connectivity index (χ3v) is 8.74. The van der Waals surface area contributed by atoms with Gasteiger partial charge in [-0.25, -0.2) is 9.79 Å². The normalized spacial score (nSPS) is 15.0. The first-order valence-electron chi connectivity index (χ1n) is 13.2. The molecule has 0 fully saturated rings. The summed E-state index contributed by atoms with van der Waals surface area (Å²) >= 11 is 11.1. The zero-order valence-corrected chi connectivity index (χ0v) is 25.8. The van der Waals surface area contributed by atoms with Gasteiger partial charge in [0.25, 0.3) is 5.56 Å². The number of nitrogens with zero attached hydrogens (tertiary/aromatic N) is 2. The van der Waals surface area contributed by atoms with Crippen molar-refractivity contribution in [1.29, 1.82) is 0 Å². The molecule has 6 rings (SSSR count). The van der Waals surface area contributed by atoms with Crippen molar-refractivity contribution in [3.05, 3.63) is 142 Å². The minimum atomic E-state index is -0.773. The Bertz CT molecular complexity index is 2020. The third kappa shape index (κ3) is 5.33. The molecule has 0 N–H and O–H groups in total. The summed E-state index contributed by atoms with van der Waals surface area (Å²) in [5.74, 6) is 0.670. The Morgan fingerprint density at radius 3 is 2.57 bits per heavy atom. The fraction of sp³-hybridized carbons (Fsp3) is 0.121. The van der Waals surface area contributed by atoms with Crippen LogP contribution in [0.15, 0.2) is 109 Å². The molecule has 1 atom stereocenters. The average Bonchev–Trinajstić information content (AvgIpc) is 3.57. The summed E-state index contributed by atoms with van der Waals surface area (Å²) in [6, 6.07) is 25.5. The summed E-state index contributed by atoms with van der Waals surface area (Å²) in [4.78, 5) is 32.9. The van der Waals surface area contributed by atoms with Crippen molar-refractivity contribution < 1.29 is 13.9 Å². The number of hydrogen-bond donors (Lipinski definition) is 0. The number of carbonyl (C=O) groups is 1. The SMILES string of the molecule is CCOC(=O)C1=C(c2ccccc2)N=c2s/c(=C\c3ccc(-c4ccc(C)cc4Br)o3)c(=O)n2C1c1ccc(Cl)cc1. The van der Waals surface area contributed by atoms with Crippen LogP contribution in [0.2, 0.25) is 5.02 Å². The topological polar surface area (TPSA) is 73.8 Å². The molecule has 0 aliphatic carbocycles. The molecule has 0 radical (unpaired) electrons. The Morgan fingerprint density at radius 1 is 1.10 bits per heavy atom. The maximum absolute atomic E-state index is 14.0. The monoisotopic (exact) mass is 658 g/mol. The molecular formula is C33H24BrClN2O4S. The number of thiazole rings is 1. The fourth-order valence-electron chi connectivity index (χ4n) is 4.93. The fourth-order valence-corrected chi connectivity index (χ4v) is 6.72. The van der Waals surface area contributed by atoms with E-state index in [4.69, 9.17) is 25.7 Å². The van der Waals surface area contributed by atoms with Crippen molar-refractivity contribution in [2.75, 3.05) is 6.61 Å². The smallest absolute Gasteiger partial charge is 0.338 e. The molecule has 210 valence electrons. The van der Waals surface area contributed by atoms with E-state index in [1.54, 1.807) is 29.7 Å². The van der Waals surface area contributed by atoms with Crippen LogP contribution in [0.25, 0.3) is 23.1 Å². The molecule has 42 heavy (non-hydrogen) atoms. The Hall–Kier alpha value is -3.98. The third-order valence-electron chi connectivity index (χ3n) is 6.85. The first-order chi connectivity index (χ1) is 20.3. The van der Waals surface area contributed by atoms with Gasteiger partial charge in [0.15, 0.2) is 4.80 Å². The largest absolute Gasteiger partial charge is 0.463 e. The highest BCUT2D eigenvalue weighted by Gasteiger charge is 2.35. The summed E-state index contributed by atoms with van der Waals surface area (Å²) in [5.41, 5.74) is 3.96. The van der Waals surface area contributed by atoms with Gasteiger partial charge in [-0.2, -0.15) is 0 Å². The van der Waals surface area contributed by atoms with Crippen molar-refractivity contribution >= 4 is 56.6 Å². The maximum atomic E-state index is 14.0. The van der Waals surface area contributed by atoms with Gasteiger partial charge in [-0.1, -0.05) is 87.4 Å². The van der Waals surface area contributed by atoms with Gasteiger partial charge in [0.1, 0.15) is 11.5 Å². The molecule has 5 aromatic rings. The van der Waals surface area contributed by atoms with E-state index >= 15 is 0 Å². The van der Waals surface area contributed by atoms with Crippen LogP contribution < -0.4 is 14.9 Å². The van der Waals surface area contributed by atoms with E-state index in [0.29, 0.717) is 37.1 Å². The van der Waals surface area contributed by atoms with Crippen LogP contribution in [0.1, 0.15) is 35.4 Å². The lowest BCUT2D eigenvalue weighted by Crippen LogP contribution is -2.39. The van der Waals surface area contributed by atoms with Gasteiger partial charge < -0.3 is 9.15 Å². The van der Waals surface area contributed by atoms with Crippen LogP contribution >= 0.6 is 38.9 Å². The first-order valence-corrected chi connectivity index (χ1v) is 15.2. The Labute approximate surface area is 259 Å². The number of rotatable bonds is 6. The number of carbonyl (C=O) groups excluding carboxylic acids is 1. The second kappa shape index (κ2) is 11.7. The summed E-state index contributed by atoms with van der Waals surface area (Å²) in [7, 11) is 0. The molecule has 1 aliphatic rings. The molecule has 2 aromatic heterocycles. The molecule has 0 bridgehead atoms. The number of furan rings is 1. The van der Waals surface area contributed by atoms with Gasteiger partial charge in [0.05, 0.1) is 28.5 Å². The summed E-state index contributed by atoms with van der Waals surface area (Å²) in [6.45, 7) is 3.95. The second-order valence-electron chi connectivity index (χ2n) is 9.67. The van der Waals surface area contributed by atoms with Crippen LogP contribution in [0.4, 0.5) is 0 Å². The lowest BCUT2D eigenvalue weighted by Gasteiger charge is -2.25. The molecule has 0 saturated carbocycles. The average molecular weight is 660 g/mol. The van der Waals surface area contributed by atoms with Crippen molar-refractivity contribution in [2.24, 2.45) is 4.99 Å². The van der Waals surface area contributed by atoms with E-state index in [1.807, 2.05) is 79.7 Å². The summed E-state index contributed by atoms with van der Waals surface area (Å²) in [5, 5.41) is 0.546. The zero-order chi connectivity index (χ0) is 29.4. The number of ether oxygens (including phenoxy) is 1. The Kier molecular flexibility index (Phi) is 7.86. The number of benzene rings is 3. The standard InChI is InChI=1S/C33H24BrClN2O4S/c1-3-40-32(39)28-29(20-7-5-4-6-8-20)36-33-37(30(28)21-10-12-22(35)13-11-21)31(38)27(42-33)18-23-14-16-26(41-23)24-15-9-19(2)17-25(24)34/h4-18,30H,3H2,1-2H3/b27-18-. The molecule has 0 spiro atoms.